The van der Waals surface area contributed by atoms with Gasteiger partial charge in [0.05, 0.1) is 16.4 Å². The number of amides is 2. The molecule has 2 amide bonds. The number of aromatic nitrogens is 2. The van der Waals surface area contributed by atoms with E-state index in [1.807, 2.05) is 13.8 Å². The molecule has 32 heavy (non-hydrogen) atoms. The number of carbonyl (C=O) groups excluding carboxylic acids is 1. The zero-order valence-electron chi connectivity index (χ0n) is 17.9. The first-order valence-electron chi connectivity index (χ1n) is 9.83. The van der Waals surface area contributed by atoms with Gasteiger partial charge in [-0.25, -0.2) is 13.6 Å². The normalized spacial score (nSPS) is 11.3. The molecule has 0 aliphatic heterocycles. The van der Waals surface area contributed by atoms with Crippen LogP contribution < -0.4 is 21.1 Å². The molecular weight excluding hydrogens is 484 g/mol. The molecule has 0 aliphatic rings. The lowest BCUT2D eigenvalue weighted by Gasteiger charge is -2.27. The maximum atomic E-state index is 13.4. The number of benzene rings is 2. The molecule has 0 fully saturated rings. The highest BCUT2D eigenvalue weighted by molar-refractivity contribution is 9.10. The second kappa shape index (κ2) is 9.66. The Morgan fingerprint density at radius 2 is 1.81 bits per heavy atom. The molecule has 1 heterocycles. The molecule has 3 aromatic rings. The predicted molar refractivity (Wildman–Crippen MR) is 124 cm³/mol. The molecule has 2 aromatic carbocycles. The maximum absolute atomic E-state index is 13.4. The van der Waals surface area contributed by atoms with E-state index in [1.54, 1.807) is 36.1 Å². The fourth-order valence-electron chi connectivity index (χ4n) is 3.16. The van der Waals surface area contributed by atoms with E-state index in [-0.39, 0.29) is 5.69 Å². The predicted octanol–water partition coefficient (Wildman–Crippen LogP) is 5.28. The van der Waals surface area contributed by atoms with Crippen molar-refractivity contribution in [1.82, 2.24) is 9.78 Å². The fraction of sp³-hybridized carbons (Fsp3) is 0.273. The van der Waals surface area contributed by atoms with E-state index >= 15 is 0 Å². The highest BCUT2D eigenvalue weighted by Crippen LogP contribution is 2.38. The Bertz CT molecular complexity index is 1110. The number of halogens is 3. The summed E-state index contributed by atoms with van der Waals surface area (Å²) in [5.41, 5.74) is 7.26. The first kappa shape index (κ1) is 23.7. The Morgan fingerprint density at radius 3 is 2.41 bits per heavy atom. The van der Waals surface area contributed by atoms with E-state index < -0.39 is 23.3 Å². The number of nitrogens with one attached hydrogen (secondary N) is 2. The minimum atomic E-state index is -1.05. The Hall–Kier alpha value is -2.98. The summed E-state index contributed by atoms with van der Waals surface area (Å²) >= 11 is 3.51. The van der Waals surface area contributed by atoms with Crippen LogP contribution in [-0.4, -0.2) is 28.0 Å². The van der Waals surface area contributed by atoms with Gasteiger partial charge in [-0.15, -0.1) is 0 Å². The molecule has 0 atom stereocenters. The van der Waals surface area contributed by atoms with Crippen molar-refractivity contribution in [2.45, 2.75) is 25.9 Å². The van der Waals surface area contributed by atoms with Crippen molar-refractivity contribution in [3.63, 3.8) is 0 Å². The van der Waals surface area contributed by atoms with E-state index in [9.17, 15) is 13.6 Å². The number of nitrogens with two attached hydrogens (primary N) is 1. The molecule has 3 rings (SSSR count). The molecule has 0 spiro atoms. The Balaban J connectivity index is 1.90. The summed E-state index contributed by atoms with van der Waals surface area (Å²) in [6, 6.07) is 7.70. The average molecular weight is 508 g/mol. The highest BCUT2D eigenvalue weighted by Gasteiger charge is 2.23. The smallest absolute Gasteiger partial charge is 0.323 e. The van der Waals surface area contributed by atoms with Crippen molar-refractivity contribution in [2.75, 3.05) is 17.2 Å². The van der Waals surface area contributed by atoms with Crippen LogP contribution in [0.4, 0.5) is 25.0 Å². The number of ether oxygens (including phenoxy) is 1. The van der Waals surface area contributed by atoms with Crippen molar-refractivity contribution in [1.29, 1.82) is 0 Å². The maximum Gasteiger partial charge on any atom is 0.323 e. The third kappa shape index (κ3) is 5.63. The molecule has 0 aliphatic carbocycles. The monoisotopic (exact) mass is 507 g/mol. The van der Waals surface area contributed by atoms with Gasteiger partial charge in [0, 0.05) is 30.1 Å². The number of hydrogen-bond acceptors (Lipinski definition) is 4. The third-order valence-corrected chi connectivity index (χ3v) is 5.28. The van der Waals surface area contributed by atoms with Gasteiger partial charge in [-0.3, -0.25) is 4.68 Å². The first-order valence-corrected chi connectivity index (χ1v) is 10.6. The van der Waals surface area contributed by atoms with Gasteiger partial charge in [-0.2, -0.15) is 5.10 Å². The number of rotatable bonds is 7. The zero-order chi connectivity index (χ0) is 23.5. The lowest BCUT2D eigenvalue weighted by atomic mass is 10.0. The summed E-state index contributed by atoms with van der Waals surface area (Å²) in [6.07, 6.45) is 2.32. The lowest BCUT2D eigenvalue weighted by molar-refractivity contribution is 0.103. The molecule has 1 aromatic heterocycles. The van der Waals surface area contributed by atoms with Crippen LogP contribution in [0.1, 0.15) is 20.3 Å². The number of carbonyl (C=O) groups is 1. The number of nitrogens with zero attached hydrogens (tertiary/aromatic N) is 2. The van der Waals surface area contributed by atoms with Gasteiger partial charge < -0.3 is 21.1 Å². The average Bonchev–Trinajstić information content (AvgIpc) is 3.04. The Morgan fingerprint density at radius 1 is 1.16 bits per heavy atom. The first-order chi connectivity index (χ1) is 15.1. The summed E-state index contributed by atoms with van der Waals surface area (Å²) in [6.45, 7) is 4.37. The Kier molecular flexibility index (Phi) is 7.15. The largest absolute Gasteiger partial charge is 0.487 e. The van der Waals surface area contributed by atoms with Crippen molar-refractivity contribution in [2.24, 2.45) is 12.8 Å². The fourth-order valence-corrected chi connectivity index (χ4v) is 3.72. The van der Waals surface area contributed by atoms with Gasteiger partial charge in [0.15, 0.2) is 11.6 Å². The highest BCUT2D eigenvalue weighted by atomic mass is 79.9. The molecular formula is C22H24BrF2N5O2. The van der Waals surface area contributed by atoms with Gasteiger partial charge in [0.25, 0.3) is 0 Å². The molecule has 0 unspecified atom stereocenters. The van der Waals surface area contributed by atoms with Gasteiger partial charge in [0.2, 0.25) is 0 Å². The molecule has 7 nitrogen and oxygen atoms in total. The van der Waals surface area contributed by atoms with Crippen molar-refractivity contribution < 1.29 is 18.3 Å². The molecule has 170 valence electrons. The van der Waals surface area contributed by atoms with Crippen LogP contribution >= 0.6 is 15.9 Å². The standard InChI is InChI=1S/C22H24BrF2N5O2/c1-22(2,8-9-26)32-19-7-5-13(10-15(19)20-16(23)12-27-30(20)3)28-21(31)29-14-4-6-17(24)18(25)11-14/h4-7,10-12H,8-9,26H2,1-3H3,(H2,28,29,31). The topological polar surface area (TPSA) is 94.2 Å². The zero-order valence-corrected chi connectivity index (χ0v) is 19.5. The van der Waals surface area contributed by atoms with Crippen molar-refractivity contribution in [3.8, 4) is 17.0 Å². The quantitative estimate of drug-likeness (QED) is 0.405. The Labute approximate surface area is 193 Å². The van der Waals surface area contributed by atoms with Crippen LogP contribution in [0.5, 0.6) is 5.75 Å². The molecule has 0 saturated carbocycles. The van der Waals surface area contributed by atoms with Crippen LogP contribution in [-0.2, 0) is 7.05 Å². The summed E-state index contributed by atoms with van der Waals surface area (Å²) < 4.78 is 35.2. The van der Waals surface area contributed by atoms with Gasteiger partial charge in [-0.1, -0.05) is 0 Å². The number of aryl methyl sites for hydroxylation is 1. The van der Waals surface area contributed by atoms with Gasteiger partial charge in [-0.05, 0) is 73.1 Å². The third-order valence-electron chi connectivity index (χ3n) is 4.70. The minimum absolute atomic E-state index is 0.125. The number of hydrogen-bond donors (Lipinski definition) is 3. The van der Waals surface area contributed by atoms with Gasteiger partial charge in [0.1, 0.15) is 11.4 Å². The van der Waals surface area contributed by atoms with Crippen LogP contribution in [0.15, 0.2) is 47.1 Å². The van der Waals surface area contributed by atoms with Crippen LogP contribution in [0, 0.1) is 11.6 Å². The van der Waals surface area contributed by atoms with Crippen LogP contribution in [0.3, 0.4) is 0 Å². The van der Waals surface area contributed by atoms with Crippen LogP contribution in [0.2, 0.25) is 0 Å². The van der Waals surface area contributed by atoms with E-state index in [2.05, 4.69) is 31.7 Å². The van der Waals surface area contributed by atoms with E-state index in [1.165, 1.54) is 6.07 Å². The summed E-state index contributed by atoms with van der Waals surface area (Å²) in [7, 11) is 1.80. The molecule has 4 N–H and O–H groups in total. The van der Waals surface area contributed by atoms with E-state index in [0.29, 0.717) is 30.0 Å². The van der Waals surface area contributed by atoms with Crippen molar-refractivity contribution in [3.05, 3.63) is 58.7 Å². The molecule has 10 heteroatoms. The lowest BCUT2D eigenvalue weighted by Crippen LogP contribution is -2.31. The summed E-state index contributed by atoms with van der Waals surface area (Å²) in [4.78, 5) is 12.4. The second-order valence-electron chi connectivity index (χ2n) is 7.78. The summed E-state index contributed by atoms with van der Waals surface area (Å²) in [5, 5.41) is 9.43. The molecule has 0 saturated heterocycles. The molecule has 0 radical (unpaired) electrons. The van der Waals surface area contributed by atoms with E-state index in [4.69, 9.17) is 10.5 Å². The SMILES string of the molecule is Cn1ncc(Br)c1-c1cc(NC(=O)Nc2ccc(F)c(F)c2)ccc1OC(C)(C)CCN. The summed E-state index contributed by atoms with van der Waals surface area (Å²) in [5.74, 6) is -1.44. The number of anilines is 2. The van der Waals surface area contributed by atoms with Crippen LogP contribution in [0.25, 0.3) is 11.3 Å². The van der Waals surface area contributed by atoms with E-state index in [0.717, 1.165) is 22.3 Å². The number of urea groups is 1. The molecule has 0 bridgehead atoms. The van der Waals surface area contributed by atoms with Crippen molar-refractivity contribution >= 4 is 33.3 Å². The van der Waals surface area contributed by atoms with Gasteiger partial charge >= 0.3 is 6.03 Å². The minimum Gasteiger partial charge on any atom is -0.487 e. The second-order valence-corrected chi connectivity index (χ2v) is 8.64.